The number of aliphatic hydroxyl groups is 1. The van der Waals surface area contributed by atoms with Gasteiger partial charge in [0, 0.05) is 7.11 Å². The summed E-state index contributed by atoms with van der Waals surface area (Å²) in [6.45, 7) is 5.96. The first-order chi connectivity index (χ1) is 4.54. The molecule has 0 aliphatic heterocycles. The normalized spacial score (nSPS) is 13.9. The molecule has 2 heteroatoms. The van der Waals surface area contributed by atoms with Gasteiger partial charge in [0.05, 0.1) is 12.2 Å². The van der Waals surface area contributed by atoms with Crippen LogP contribution < -0.4 is 0 Å². The molecule has 0 aromatic heterocycles. The number of aliphatic hydroxyl groups excluding tert-OH is 1. The predicted octanol–water partition coefficient (Wildman–Crippen LogP) is 1.35. The van der Waals surface area contributed by atoms with E-state index in [1.807, 2.05) is 20.8 Å². The molecule has 0 spiro atoms. The van der Waals surface area contributed by atoms with E-state index in [2.05, 4.69) is 0 Å². The molecule has 1 N–H and O–H groups in total. The fraction of sp³-hybridized carbons (Fsp3) is 0.750. The Morgan fingerprint density at radius 3 is 2.40 bits per heavy atom. The van der Waals surface area contributed by atoms with E-state index in [1.54, 1.807) is 13.2 Å². The summed E-state index contributed by atoms with van der Waals surface area (Å²) in [7, 11) is 1.66. The van der Waals surface area contributed by atoms with E-state index < -0.39 is 0 Å². The maximum Gasteiger partial charge on any atom is 0.0829 e. The molecule has 0 radical (unpaired) electrons. The molecule has 0 fully saturated rings. The van der Waals surface area contributed by atoms with E-state index >= 15 is 0 Å². The van der Waals surface area contributed by atoms with Crippen molar-refractivity contribution in [3.63, 3.8) is 0 Å². The first-order valence-electron chi connectivity index (χ1n) is 3.38. The summed E-state index contributed by atoms with van der Waals surface area (Å²) in [5, 5.41) is 8.56. The third-order valence-corrected chi connectivity index (χ3v) is 1.86. The maximum absolute atomic E-state index is 8.56. The number of hydrogen-bond donors (Lipinski definition) is 1. The molecule has 0 amide bonds. The summed E-state index contributed by atoms with van der Waals surface area (Å²) < 4.78 is 5.17. The fourth-order valence-electron chi connectivity index (χ4n) is 0.544. The van der Waals surface area contributed by atoms with Gasteiger partial charge < -0.3 is 9.84 Å². The average Bonchev–Trinajstić information content (AvgIpc) is 1.89. The zero-order chi connectivity index (χ0) is 8.20. The molecule has 0 aromatic carbocycles. The minimum absolute atomic E-state index is 0.0820. The molecule has 60 valence electrons. The summed E-state index contributed by atoms with van der Waals surface area (Å²) in [5.74, 6) is 0. The third-order valence-electron chi connectivity index (χ3n) is 1.86. The molecule has 2 nitrogen and oxygen atoms in total. The summed E-state index contributed by atoms with van der Waals surface area (Å²) in [6.07, 6.45) is 1.75. The SMILES string of the molecule is COC(C)(C)/C(C)=C/CO. The van der Waals surface area contributed by atoms with Crippen molar-refractivity contribution in [2.75, 3.05) is 13.7 Å². The van der Waals surface area contributed by atoms with Gasteiger partial charge in [-0.3, -0.25) is 0 Å². The largest absolute Gasteiger partial charge is 0.392 e. The predicted molar refractivity (Wildman–Crippen MR) is 41.9 cm³/mol. The molecule has 0 rings (SSSR count). The highest BCUT2D eigenvalue weighted by Gasteiger charge is 2.17. The highest BCUT2D eigenvalue weighted by atomic mass is 16.5. The van der Waals surface area contributed by atoms with Gasteiger partial charge in [-0.1, -0.05) is 6.08 Å². The minimum Gasteiger partial charge on any atom is -0.392 e. The van der Waals surface area contributed by atoms with Crippen LogP contribution in [0.4, 0.5) is 0 Å². The Morgan fingerprint density at radius 1 is 1.60 bits per heavy atom. The average molecular weight is 144 g/mol. The van der Waals surface area contributed by atoms with Gasteiger partial charge in [-0.05, 0) is 26.3 Å². The van der Waals surface area contributed by atoms with E-state index in [9.17, 15) is 0 Å². The molecule has 0 bridgehead atoms. The van der Waals surface area contributed by atoms with E-state index in [4.69, 9.17) is 9.84 Å². The topological polar surface area (TPSA) is 29.5 Å². The second-order valence-corrected chi connectivity index (χ2v) is 2.78. The highest BCUT2D eigenvalue weighted by molar-refractivity contribution is 5.11. The molecular weight excluding hydrogens is 128 g/mol. The van der Waals surface area contributed by atoms with Gasteiger partial charge in [0.25, 0.3) is 0 Å². The second kappa shape index (κ2) is 3.74. The molecule has 0 aliphatic carbocycles. The van der Waals surface area contributed by atoms with Crippen molar-refractivity contribution < 1.29 is 9.84 Å². The zero-order valence-electron chi connectivity index (χ0n) is 7.14. The lowest BCUT2D eigenvalue weighted by Crippen LogP contribution is -2.23. The lowest BCUT2D eigenvalue weighted by atomic mass is 9.99. The molecule has 0 atom stereocenters. The molecule has 0 aliphatic rings. The first kappa shape index (κ1) is 9.66. The van der Waals surface area contributed by atoms with Gasteiger partial charge in [-0.15, -0.1) is 0 Å². The van der Waals surface area contributed by atoms with E-state index in [1.165, 1.54) is 0 Å². The monoisotopic (exact) mass is 144 g/mol. The Hall–Kier alpha value is -0.340. The summed E-state index contributed by atoms with van der Waals surface area (Å²) in [6, 6.07) is 0. The van der Waals surface area contributed by atoms with Crippen molar-refractivity contribution >= 4 is 0 Å². The first-order valence-corrected chi connectivity index (χ1v) is 3.38. The van der Waals surface area contributed by atoms with Crippen molar-refractivity contribution in [2.45, 2.75) is 26.4 Å². The van der Waals surface area contributed by atoms with Crippen LogP contribution in [0, 0.1) is 0 Å². The van der Waals surface area contributed by atoms with Crippen LogP contribution in [0.2, 0.25) is 0 Å². The standard InChI is InChI=1S/C8H16O2/c1-7(5-6-9)8(2,3)10-4/h5,9H,6H2,1-4H3/b7-5+. The Kier molecular flexibility index (Phi) is 3.61. The van der Waals surface area contributed by atoms with Gasteiger partial charge in [0.1, 0.15) is 0 Å². The van der Waals surface area contributed by atoms with Gasteiger partial charge in [-0.2, -0.15) is 0 Å². The van der Waals surface area contributed by atoms with Crippen LogP contribution in [-0.4, -0.2) is 24.4 Å². The summed E-state index contributed by atoms with van der Waals surface area (Å²) in [4.78, 5) is 0. The van der Waals surface area contributed by atoms with Gasteiger partial charge in [0.15, 0.2) is 0 Å². The minimum atomic E-state index is -0.247. The maximum atomic E-state index is 8.56. The smallest absolute Gasteiger partial charge is 0.0829 e. The van der Waals surface area contributed by atoms with Crippen molar-refractivity contribution in [3.05, 3.63) is 11.6 Å². The van der Waals surface area contributed by atoms with Gasteiger partial charge in [-0.25, -0.2) is 0 Å². The zero-order valence-corrected chi connectivity index (χ0v) is 7.14. The van der Waals surface area contributed by atoms with Crippen LogP contribution in [0.1, 0.15) is 20.8 Å². The molecule has 0 heterocycles. The lowest BCUT2D eigenvalue weighted by Gasteiger charge is -2.23. The number of methoxy groups -OCH3 is 1. The van der Waals surface area contributed by atoms with Crippen molar-refractivity contribution in [3.8, 4) is 0 Å². The number of rotatable bonds is 3. The van der Waals surface area contributed by atoms with Crippen LogP contribution in [0.3, 0.4) is 0 Å². The highest BCUT2D eigenvalue weighted by Crippen LogP contribution is 2.18. The van der Waals surface area contributed by atoms with Crippen LogP contribution in [0.15, 0.2) is 11.6 Å². The number of hydrogen-bond acceptors (Lipinski definition) is 2. The Morgan fingerprint density at radius 2 is 2.10 bits per heavy atom. The molecule has 0 aromatic rings. The van der Waals surface area contributed by atoms with Crippen molar-refractivity contribution in [1.82, 2.24) is 0 Å². The molecule has 0 saturated carbocycles. The van der Waals surface area contributed by atoms with E-state index in [-0.39, 0.29) is 12.2 Å². The van der Waals surface area contributed by atoms with Crippen LogP contribution in [0.5, 0.6) is 0 Å². The van der Waals surface area contributed by atoms with Gasteiger partial charge >= 0.3 is 0 Å². The Labute approximate surface area is 62.5 Å². The second-order valence-electron chi connectivity index (χ2n) is 2.78. The lowest BCUT2D eigenvalue weighted by molar-refractivity contribution is 0.0544. The van der Waals surface area contributed by atoms with Crippen LogP contribution in [-0.2, 0) is 4.74 Å². The van der Waals surface area contributed by atoms with Gasteiger partial charge in [0.2, 0.25) is 0 Å². The molecule has 0 saturated heterocycles. The molecular formula is C8H16O2. The summed E-state index contributed by atoms with van der Waals surface area (Å²) in [5.41, 5.74) is 0.806. The quantitative estimate of drug-likeness (QED) is 0.606. The molecule has 10 heavy (non-hydrogen) atoms. The van der Waals surface area contributed by atoms with Crippen LogP contribution in [0.25, 0.3) is 0 Å². The van der Waals surface area contributed by atoms with Crippen molar-refractivity contribution in [1.29, 1.82) is 0 Å². The Balaban J connectivity index is 4.17. The third kappa shape index (κ3) is 2.50. The van der Waals surface area contributed by atoms with Crippen LogP contribution >= 0.6 is 0 Å². The van der Waals surface area contributed by atoms with Crippen molar-refractivity contribution in [2.24, 2.45) is 0 Å². The number of ether oxygens (including phenoxy) is 1. The van der Waals surface area contributed by atoms with E-state index in [0.717, 1.165) is 5.57 Å². The molecule has 0 unspecified atom stereocenters. The van der Waals surface area contributed by atoms with E-state index in [0.29, 0.717) is 0 Å². The Bertz CT molecular complexity index is 125. The fourth-order valence-corrected chi connectivity index (χ4v) is 0.544. The summed E-state index contributed by atoms with van der Waals surface area (Å²) >= 11 is 0.